The molecule has 1 fully saturated rings. The van der Waals surface area contributed by atoms with Gasteiger partial charge >= 0.3 is 0 Å². The normalized spacial score (nSPS) is 16.3. The monoisotopic (exact) mass is 227 g/mol. The van der Waals surface area contributed by atoms with Crippen LogP contribution in [0.5, 0.6) is 0 Å². The molecule has 0 bridgehead atoms. The van der Waals surface area contributed by atoms with Crippen molar-refractivity contribution in [2.45, 2.75) is 6.10 Å². The summed E-state index contributed by atoms with van der Waals surface area (Å²) in [6.45, 7) is 1.22. The number of ether oxygens (including phenoxy) is 1. The highest BCUT2D eigenvalue weighted by molar-refractivity contribution is 6.29. The van der Waals surface area contributed by atoms with Gasteiger partial charge in [-0.05, 0) is 0 Å². The van der Waals surface area contributed by atoms with Crippen molar-refractivity contribution in [2.75, 3.05) is 20.2 Å². The van der Waals surface area contributed by atoms with Crippen LogP contribution in [-0.4, -0.2) is 47.1 Å². The van der Waals surface area contributed by atoms with E-state index in [1.165, 1.54) is 12.4 Å². The van der Waals surface area contributed by atoms with Crippen molar-refractivity contribution < 1.29 is 9.53 Å². The van der Waals surface area contributed by atoms with E-state index in [1.54, 1.807) is 12.0 Å². The summed E-state index contributed by atoms with van der Waals surface area (Å²) in [6, 6.07) is 0. The number of hydrogen-bond acceptors (Lipinski definition) is 4. The lowest BCUT2D eigenvalue weighted by Crippen LogP contribution is -2.54. The molecule has 80 valence electrons. The predicted octanol–water partition coefficient (Wildman–Crippen LogP) is 0.601. The number of rotatable bonds is 2. The smallest absolute Gasteiger partial charge is 0.274 e. The van der Waals surface area contributed by atoms with Crippen molar-refractivity contribution in [3.8, 4) is 0 Å². The number of likely N-dealkylation sites (tertiary alicyclic amines) is 1. The van der Waals surface area contributed by atoms with Crippen LogP contribution >= 0.6 is 11.6 Å². The molecule has 1 aliphatic rings. The Hall–Kier alpha value is -1.20. The third-order valence-corrected chi connectivity index (χ3v) is 2.50. The molecular formula is C9H10ClN3O2. The first kappa shape index (κ1) is 10.3. The van der Waals surface area contributed by atoms with Crippen LogP contribution in [0.25, 0.3) is 0 Å². The van der Waals surface area contributed by atoms with Gasteiger partial charge in [0, 0.05) is 20.2 Å². The third-order valence-electron chi connectivity index (χ3n) is 2.31. The van der Waals surface area contributed by atoms with E-state index in [0.717, 1.165) is 0 Å². The summed E-state index contributed by atoms with van der Waals surface area (Å²) in [7, 11) is 1.63. The second-order valence-electron chi connectivity index (χ2n) is 3.29. The molecule has 1 aromatic rings. The third kappa shape index (κ3) is 2.08. The number of carbonyl (C=O) groups is 1. The molecule has 0 unspecified atom stereocenters. The van der Waals surface area contributed by atoms with E-state index in [-0.39, 0.29) is 17.2 Å². The molecule has 0 N–H and O–H groups in total. The average Bonchev–Trinajstić information content (AvgIpc) is 2.17. The molecule has 0 saturated carbocycles. The zero-order chi connectivity index (χ0) is 10.8. The second kappa shape index (κ2) is 4.12. The van der Waals surface area contributed by atoms with Gasteiger partial charge in [-0.15, -0.1) is 0 Å². The highest BCUT2D eigenvalue weighted by Gasteiger charge is 2.31. The maximum atomic E-state index is 11.7. The number of aromatic nitrogens is 2. The van der Waals surface area contributed by atoms with Gasteiger partial charge < -0.3 is 9.64 Å². The Bertz CT molecular complexity index is 362. The van der Waals surface area contributed by atoms with Crippen LogP contribution in [0.1, 0.15) is 10.5 Å². The number of amides is 1. The van der Waals surface area contributed by atoms with Gasteiger partial charge in [-0.2, -0.15) is 0 Å². The Balaban J connectivity index is 2.00. The SMILES string of the molecule is COC1CN(C(=O)c2cnc(Cl)cn2)C1. The quantitative estimate of drug-likeness (QED) is 0.743. The standard InChI is InChI=1S/C9H10ClN3O2/c1-15-6-4-13(5-6)9(14)7-2-12-8(10)3-11-7/h2-3,6H,4-5H2,1H3. The first-order chi connectivity index (χ1) is 7.20. The van der Waals surface area contributed by atoms with E-state index >= 15 is 0 Å². The summed E-state index contributed by atoms with van der Waals surface area (Å²) in [4.78, 5) is 21.1. The number of methoxy groups -OCH3 is 1. The second-order valence-corrected chi connectivity index (χ2v) is 3.68. The van der Waals surface area contributed by atoms with Crippen molar-refractivity contribution in [2.24, 2.45) is 0 Å². The van der Waals surface area contributed by atoms with Gasteiger partial charge in [0.05, 0.1) is 18.5 Å². The number of halogens is 1. The first-order valence-electron chi connectivity index (χ1n) is 4.50. The summed E-state index contributed by atoms with van der Waals surface area (Å²) in [6.07, 6.45) is 2.89. The van der Waals surface area contributed by atoms with E-state index in [0.29, 0.717) is 18.8 Å². The largest absolute Gasteiger partial charge is 0.378 e. The molecule has 5 nitrogen and oxygen atoms in total. The van der Waals surface area contributed by atoms with Crippen molar-refractivity contribution >= 4 is 17.5 Å². The molecular weight excluding hydrogens is 218 g/mol. The molecule has 0 radical (unpaired) electrons. The minimum absolute atomic E-state index is 0.132. The Morgan fingerprint density at radius 2 is 2.27 bits per heavy atom. The lowest BCUT2D eigenvalue weighted by molar-refractivity contribution is -0.0194. The highest BCUT2D eigenvalue weighted by Crippen LogP contribution is 2.14. The Morgan fingerprint density at radius 1 is 1.53 bits per heavy atom. The Labute approximate surface area is 92.0 Å². The maximum absolute atomic E-state index is 11.7. The Morgan fingerprint density at radius 3 is 2.80 bits per heavy atom. The zero-order valence-electron chi connectivity index (χ0n) is 8.18. The molecule has 1 aliphatic heterocycles. The van der Waals surface area contributed by atoms with Crippen LogP contribution < -0.4 is 0 Å². The van der Waals surface area contributed by atoms with Gasteiger partial charge in [0.2, 0.25) is 0 Å². The predicted molar refractivity (Wildman–Crippen MR) is 53.7 cm³/mol. The van der Waals surface area contributed by atoms with Gasteiger partial charge in [0.15, 0.2) is 0 Å². The first-order valence-corrected chi connectivity index (χ1v) is 4.88. The van der Waals surface area contributed by atoms with E-state index in [1.807, 2.05) is 0 Å². The summed E-state index contributed by atoms with van der Waals surface area (Å²) in [5.74, 6) is -0.132. The fourth-order valence-electron chi connectivity index (χ4n) is 1.34. The van der Waals surface area contributed by atoms with Crippen molar-refractivity contribution in [3.05, 3.63) is 23.2 Å². The van der Waals surface area contributed by atoms with Gasteiger partial charge in [-0.25, -0.2) is 9.97 Å². The van der Waals surface area contributed by atoms with Gasteiger partial charge in [0.1, 0.15) is 10.8 Å². The van der Waals surface area contributed by atoms with Crippen LogP contribution in [0.3, 0.4) is 0 Å². The maximum Gasteiger partial charge on any atom is 0.274 e. The summed E-state index contributed by atoms with van der Waals surface area (Å²) < 4.78 is 5.07. The van der Waals surface area contributed by atoms with Crippen LogP contribution in [0.4, 0.5) is 0 Å². The van der Waals surface area contributed by atoms with Crippen molar-refractivity contribution in [3.63, 3.8) is 0 Å². The highest BCUT2D eigenvalue weighted by atomic mass is 35.5. The fourth-order valence-corrected chi connectivity index (χ4v) is 1.44. The minimum Gasteiger partial charge on any atom is -0.378 e. The molecule has 0 aliphatic carbocycles. The summed E-state index contributed by atoms with van der Waals surface area (Å²) in [5, 5.41) is 0.282. The van der Waals surface area contributed by atoms with Gasteiger partial charge in [-0.1, -0.05) is 11.6 Å². The van der Waals surface area contributed by atoms with Crippen LogP contribution in [-0.2, 0) is 4.74 Å². The fraction of sp³-hybridized carbons (Fsp3) is 0.444. The van der Waals surface area contributed by atoms with E-state index in [4.69, 9.17) is 16.3 Å². The molecule has 2 rings (SSSR count). The number of hydrogen-bond donors (Lipinski definition) is 0. The number of carbonyl (C=O) groups excluding carboxylic acids is 1. The molecule has 0 atom stereocenters. The molecule has 1 saturated heterocycles. The molecule has 1 amide bonds. The summed E-state index contributed by atoms with van der Waals surface area (Å²) >= 11 is 5.57. The lowest BCUT2D eigenvalue weighted by Gasteiger charge is -2.37. The molecule has 1 aromatic heterocycles. The minimum atomic E-state index is -0.132. The van der Waals surface area contributed by atoms with Crippen molar-refractivity contribution in [1.82, 2.24) is 14.9 Å². The summed E-state index contributed by atoms with van der Waals surface area (Å²) in [5.41, 5.74) is 0.314. The Kier molecular flexibility index (Phi) is 2.83. The van der Waals surface area contributed by atoms with E-state index in [9.17, 15) is 4.79 Å². The van der Waals surface area contributed by atoms with E-state index < -0.39 is 0 Å². The zero-order valence-corrected chi connectivity index (χ0v) is 8.94. The van der Waals surface area contributed by atoms with Gasteiger partial charge in [0.25, 0.3) is 5.91 Å². The lowest BCUT2D eigenvalue weighted by atomic mass is 10.1. The number of nitrogens with zero attached hydrogens (tertiary/aromatic N) is 3. The average molecular weight is 228 g/mol. The van der Waals surface area contributed by atoms with E-state index in [2.05, 4.69) is 9.97 Å². The molecule has 6 heteroatoms. The van der Waals surface area contributed by atoms with Crippen LogP contribution in [0.15, 0.2) is 12.4 Å². The molecule has 2 heterocycles. The van der Waals surface area contributed by atoms with Crippen LogP contribution in [0.2, 0.25) is 5.15 Å². The van der Waals surface area contributed by atoms with Gasteiger partial charge in [-0.3, -0.25) is 4.79 Å². The topological polar surface area (TPSA) is 55.3 Å². The van der Waals surface area contributed by atoms with Crippen LogP contribution in [0, 0.1) is 0 Å². The van der Waals surface area contributed by atoms with Crippen molar-refractivity contribution in [1.29, 1.82) is 0 Å². The molecule has 0 spiro atoms. The molecule has 15 heavy (non-hydrogen) atoms. The molecule has 0 aromatic carbocycles.